The normalized spacial score (nSPS) is 12.3. The molecular weight excluding hydrogens is 280 g/mol. The van der Waals surface area contributed by atoms with E-state index in [1.165, 1.54) is 12.1 Å². The van der Waals surface area contributed by atoms with Gasteiger partial charge in [-0.15, -0.1) is 0 Å². The molecule has 0 aromatic carbocycles. The van der Waals surface area contributed by atoms with Crippen LogP contribution in [0, 0.1) is 0 Å². The molecule has 1 aromatic heterocycles. The Balaban J connectivity index is 2.74. The number of anilines is 1. The summed E-state index contributed by atoms with van der Waals surface area (Å²) in [5.41, 5.74) is 2.26. The van der Waals surface area contributed by atoms with Crippen LogP contribution < -0.4 is 16.0 Å². The van der Waals surface area contributed by atoms with E-state index in [2.05, 4.69) is 15.1 Å². The lowest BCUT2D eigenvalue weighted by Crippen LogP contribution is -2.29. The number of nitrogens with zero attached hydrogens (tertiary/aromatic N) is 1. The zero-order chi connectivity index (χ0) is 13.8. The average molecular weight is 294 g/mol. The molecule has 0 radical (unpaired) electrons. The van der Waals surface area contributed by atoms with Crippen molar-refractivity contribution in [3.63, 3.8) is 0 Å². The van der Waals surface area contributed by atoms with Crippen LogP contribution in [-0.2, 0) is 19.9 Å². The van der Waals surface area contributed by atoms with Crippen LogP contribution in [0.4, 0.5) is 5.82 Å². The van der Waals surface area contributed by atoms with Gasteiger partial charge in [0.05, 0.1) is 5.75 Å². The first-order chi connectivity index (χ1) is 8.24. The van der Waals surface area contributed by atoms with Crippen molar-refractivity contribution < 1.29 is 16.8 Å². The Labute approximate surface area is 106 Å². The minimum absolute atomic E-state index is 0.0602. The van der Waals surface area contributed by atoms with Gasteiger partial charge in [-0.1, -0.05) is 0 Å². The highest BCUT2D eigenvalue weighted by atomic mass is 32.2. The maximum atomic E-state index is 11.7. The number of rotatable bonds is 6. The number of sulfonamides is 1. The van der Waals surface area contributed by atoms with Crippen LogP contribution >= 0.6 is 0 Å². The van der Waals surface area contributed by atoms with Crippen LogP contribution in [0.15, 0.2) is 23.2 Å². The molecule has 0 atom stereocenters. The third-order valence-electron chi connectivity index (χ3n) is 1.96. The fourth-order valence-corrected chi connectivity index (χ4v) is 2.65. The highest BCUT2D eigenvalue weighted by molar-refractivity contribution is 7.91. The highest BCUT2D eigenvalue weighted by Crippen LogP contribution is 2.09. The van der Waals surface area contributed by atoms with Crippen molar-refractivity contribution in [2.75, 3.05) is 24.0 Å². The first-order valence-electron chi connectivity index (χ1n) is 4.85. The van der Waals surface area contributed by atoms with Crippen molar-refractivity contribution in [2.45, 2.75) is 4.90 Å². The smallest absolute Gasteiger partial charge is 0.242 e. The van der Waals surface area contributed by atoms with Crippen LogP contribution in [0.3, 0.4) is 0 Å². The summed E-state index contributed by atoms with van der Waals surface area (Å²) >= 11 is 0. The molecule has 4 N–H and O–H groups in total. The minimum atomic E-state index is -3.75. The number of hydrazine groups is 1. The number of nitrogen functional groups attached to an aromatic ring is 1. The van der Waals surface area contributed by atoms with Gasteiger partial charge >= 0.3 is 0 Å². The van der Waals surface area contributed by atoms with E-state index in [4.69, 9.17) is 5.84 Å². The third-order valence-corrected chi connectivity index (χ3v) is 4.35. The van der Waals surface area contributed by atoms with Crippen LogP contribution in [-0.4, -0.2) is 40.4 Å². The molecule has 1 heterocycles. The number of hydrogen-bond acceptors (Lipinski definition) is 7. The van der Waals surface area contributed by atoms with E-state index in [0.29, 0.717) is 5.82 Å². The second-order valence-electron chi connectivity index (χ2n) is 3.55. The lowest BCUT2D eigenvalue weighted by atomic mass is 10.5. The molecule has 0 saturated carbocycles. The minimum Gasteiger partial charge on any atom is -0.308 e. The molecule has 102 valence electrons. The van der Waals surface area contributed by atoms with E-state index in [1.54, 1.807) is 0 Å². The van der Waals surface area contributed by atoms with E-state index in [1.807, 2.05) is 0 Å². The number of pyridine rings is 1. The lowest BCUT2D eigenvalue weighted by Gasteiger charge is -2.06. The van der Waals surface area contributed by atoms with Gasteiger partial charge in [0.25, 0.3) is 0 Å². The van der Waals surface area contributed by atoms with Crippen molar-refractivity contribution in [3.05, 3.63) is 18.3 Å². The van der Waals surface area contributed by atoms with Crippen molar-refractivity contribution >= 4 is 25.7 Å². The summed E-state index contributed by atoms with van der Waals surface area (Å²) in [6.07, 6.45) is 2.16. The van der Waals surface area contributed by atoms with Crippen LogP contribution in [0.1, 0.15) is 0 Å². The fourth-order valence-electron chi connectivity index (χ4n) is 1.07. The molecule has 0 aliphatic carbocycles. The maximum absolute atomic E-state index is 11.7. The van der Waals surface area contributed by atoms with Crippen molar-refractivity contribution in [1.82, 2.24) is 9.71 Å². The monoisotopic (exact) mass is 294 g/mol. The van der Waals surface area contributed by atoms with Crippen LogP contribution in [0.25, 0.3) is 0 Å². The standard InChI is InChI=1S/C8H14N4O4S2/c1-17(13,14)5-4-11-18(15,16)7-2-3-8(12-9)10-6-7/h2-3,6,11H,4-5,9H2,1H3,(H,10,12). The average Bonchev–Trinajstić information content (AvgIpc) is 2.27. The SMILES string of the molecule is CS(=O)(=O)CCNS(=O)(=O)c1ccc(NN)nc1. The van der Waals surface area contributed by atoms with Gasteiger partial charge in [-0.05, 0) is 12.1 Å². The lowest BCUT2D eigenvalue weighted by molar-refractivity contribution is 0.581. The summed E-state index contributed by atoms with van der Waals surface area (Å²) < 4.78 is 47.3. The second kappa shape index (κ2) is 5.61. The number of nitrogens with one attached hydrogen (secondary N) is 2. The van der Waals surface area contributed by atoms with Gasteiger partial charge in [-0.2, -0.15) is 0 Å². The molecular formula is C8H14N4O4S2. The molecule has 0 fully saturated rings. The Morgan fingerprint density at radius 1 is 1.28 bits per heavy atom. The Morgan fingerprint density at radius 3 is 2.39 bits per heavy atom. The van der Waals surface area contributed by atoms with Crippen molar-refractivity contribution in [3.8, 4) is 0 Å². The summed E-state index contributed by atoms with van der Waals surface area (Å²) in [6.45, 7) is -0.182. The van der Waals surface area contributed by atoms with Gasteiger partial charge in [-0.25, -0.2) is 32.4 Å². The quantitative estimate of drug-likeness (QED) is 0.438. The number of sulfone groups is 1. The largest absolute Gasteiger partial charge is 0.308 e. The van der Waals surface area contributed by atoms with Crippen LogP contribution in [0.5, 0.6) is 0 Å². The molecule has 10 heteroatoms. The Kier molecular flexibility index (Phi) is 4.62. The Morgan fingerprint density at radius 2 is 1.94 bits per heavy atom. The zero-order valence-corrected chi connectivity index (χ0v) is 11.3. The molecule has 0 aliphatic rings. The van der Waals surface area contributed by atoms with E-state index in [0.717, 1.165) is 12.5 Å². The Hall–Kier alpha value is -1.23. The van der Waals surface area contributed by atoms with E-state index < -0.39 is 19.9 Å². The third kappa shape index (κ3) is 4.56. The van der Waals surface area contributed by atoms with Crippen molar-refractivity contribution in [1.29, 1.82) is 0 Å². The number of aromatic nitrogens is 1. The highest BCUT2D eigenvalue weighted by Gasteiger charge is 2.14. The predicted octanol–water partition coefficient (Wildman–Crippen LogP) is -1.31. The van der Waals surface area contributed by atoms with E-state index in [9.17, 15) is 16.8 Å². The van der Waals surface area contributed by atoms with Gasteiger partial charge in [0, 0.05) is 19.0 Å². The molecule has 0 amide bonds. The summed E-state index contributed by atoms with van der Waals surface area (Å²) in [5, 5.41) is 0. The topological polar surface area (TPSA) is 131 Å². The van der Waals surface area contributed by atoms with Crippen LogP contribution in [0.2, 0.25) is 0 Å². The van der Waals surface area contributed by atoms with E-state index in [-0.39, 0.29) is 17.2 Å². The fraction of sp³-hybridized carbons (Fsp3) is 0.375. The molecule has 0 aliphatic heterocycles. The molecule has 1 rings (SSSR count). The number of hydrogen-bond donors (Lipinski definition) is 3. The maximum Gasteiger partial charge on any atom is 0.242 e. The summed E-state index contributed by atoms with van der Waals surface area (Å²) in [4.78, 5) is 3.69. The van der Waals surface area contributed by atoms with Gasteiger partial charge in [0.2, 0.25) is 10.0 Å². The van der Waals surface area contributed by atoms with Gasteiger partial charge in [0.15, 0.2) is 0 Å². The Bertz CT molecular complexity index is 594. The molecule has 8 nitrogen and oxygen atoms in total. The molecule has 0 unspecified atom stereocenters. The van der Waals surface area contributed by atoms with E-state index >= 15 is 0 Å². The zero-order valence-electron chi connectivity index (χ0n) is 9.62. The molecule has 18 heavy (non-hydrogen) atoms. The second-order valence-corrected chi connectivity index (χ2v) is 7.58. The van der Waals surface area contributed by atoms with Crippen molar-refractivity contribution in [2.24, 2.45) is 5.84 Å². The molecule has 0 bridgehead atoms. The van der Waals surface area contributed by atoms with Gasteiger partial charge in [-0.3, -0.25) is 0 Å². The molecule has 0 spiro atoms. The summed E-state index contributed by atoms with van der Waals surface area (Å²) in [7, 11) is -6.96. The molecule has 0 saturated heterocycles. The molecule has 1 aromatic rings. The first-order valence-corrected chi connectivity index (χ1v) is 8.39. The summed E-state index contributed by atoms with van der Waals surface area (Å²) in [6, 6.07) is 2.70. The van der Waals surface area contributed by atoms with Gasteiger partial charge in [0.1, 0.15) is 20.6 Å². The van der Waals surface area contributed by atoms with Gasteiger partial charge < -0.3 is 5.43 Å². The summed E-state index contributed by atoms with van der Waals surface area (Å²) in [5.74, 6) is 5.16. The number of nitrogens with two attached hydrogens (primary N) is 1. The first kappa shape index (κ1) is 14.8. The predicted molar refractivity (Wildman–Crippen MR) is 66.9 cm³/mol.